The van der Waals surface area contributed by atoms with E-state index in [0.717, 1.165) is 22.2 Å². The molecule has 1 aromatic carbocycles. The first-order valence-electron chi connectivity index (χ1n) is 5.73. The molecule has 1 aliphatic rings. The number of nitrogens with two attached hydrogens (primary N) is 1. The number of fused-ring (bicyclic) bond motifs is 1. The standard InChI is InChI=1S/C12H13N5OS/c1-18-6-2-3-9-7(4-6)8(5-14-9)10-15-11(13)17-12(19)16-10/h2-5,10,14H,1H3,(H4,13,15,16,17,19)/t10-/m0/s1. The van der Waals surface area contributed by atoms with Crippen molar-refractivity contribution in [3.63, 3.8) is 0 Å². The van der Waals surface area contributed by atoms with E-state index in [1.165, 1.54) is 0 Å². The fraction of sp³-hybridized carbons (Fsp3) is 0.167. The van der Waals surface area contributed by atoms with Gasteiger partial charge in [-0.3, -0.25) is 0 Å². The molecule has 3 rings (SSSR count). The average molecular weight is 275 g/mol. The van der Waals surface area contributed by atoms with Crippen molar-refractivity contribution in [2.75, 3.05) is 7.11 Å². The quantitative estimate of drug-likeness (QED) is 0.613. The minimum atomic E-state index is -0.297. The molecule has 0 aliphatic carbocycles. The summed E-state index contributed by atoms with van der Waals surface area (Å²) >= 11 is 5.09. The van der Waals surface area contributed by atoms with Gasteiger partial charge in [0.1, 0.15) is 5.75 Å². The average Bonchev–Trinajstić information content (AvgIpc) is 2.80. The number of aromatic amines is 1. The van der Waals surface area contributed by atoms with Crippen molar-refractivity contribution in [1.29, 1.82) is 0 Å². The lowest BCUT2D eigenvalue weighted by atomic mass is 10.1. The molecule has 0 saturated carbocycles. The highest BCUT2D eigenvalue weighted by Crippen LogP contribution is 2.28. The highest BCUT2D eigenvalue weighted by atomic mass is 32.1. The number of methoxy groups -OCH3 is 1. The van der Waals surface area contributed by atoms with Crippen molar-refractivity contribution < 1.29 is 4.74 Å². The second-order valence-corrected chi connectivity index (χ2v) is 4.58. The van der Waals surface area contributed by atoms with Gasteiger partial charge < -0.3 is 26.1 Å². The number of aliphatic imine (C=N–C) groups is 1. The molecule has 0 radical (unpaired) electrons. The van der Waals surface area contributed by atoms with E-state index < -0.39 is 0 Å². The molecule has 1 aliphatic heterocycles. The second kappa shape index (κ2) is 4.43. The van der Waals surface area contributed by atoms with Crippen LogP contribution in [0.5, 0.6) is 5.75 Å². The monoisotopic (exact) mass is 275 g/mol. The van der Waals surface area contributed by atoms with Crippen LogP contribution in [0.25, 0.3) is 10.9 Å². The summed E-state index contributed by atoms with van der Waals surface area (Å²) in [5.74, 6) is 1.10. The van der Waals surface area contributed by atoms with Gasteiger partial charge >= 0.3 is 0 Å². The van der Waals surface area contributed by atoms with Crippen molar-refractivity contribution in [3.05, 3.63) is 30.0 Å². The summed E-state index contributed by atoms with van der Waals surface area (Å²) in [4.78, 5) is 7.50. The Hall–Kier alpha value is -2.28. The summed E-state index contributed by atoms with van der Waals surface area (Å²) in [6.07, 6.45) is 1.60. The van der Waals surface area contributed by atoms with Gasteiger partial charge in [0.15, 0.2) is 17.2 Å². The smallest absolute Gasteiger partial charge is 0.197 e. The molecule has 2 heterocycles. The summed E-state index contributed by atoms with van der Waals surface area (Å²) in [5.41, 5.74) is 7.68. The molecule has 0 bridgehead atoms. The number of aromatic nitrogens is 1. The van der Waals surface area contributed by atoms with Gasteiger partial charge in [0.2, 0.25) is 0 Å². The third-order valence-corrected chi connectivity index (χ3v) is 3.21. The molecule has 1 atom stereocenters. The molecular formula is C12H13N5OS. The maximum absolute atomic E-state index is 5.70. The van der Waals surface area contributed by atoms with Gasteiger partial charge in [-0.2, -0.15) is 0 Å². The molecule has 0 saturated heterocycles. The molecule has 0 fully saturated rings. The number of hydrogen-bond donors (Lipinski definition) is 4. The number of nitrogens with one attached hydrogen (secondary N) is 3. The normalized spacial score (nSPS) is 18.7. The van der Waals surface area contributed by atoms with E-state index in [1.54, 1.807) is 7.11 Å². The SMILES string of the molecule is COc1ccc2[nH]cc([C@H]3N=C(N)NC(=S)N3)c2c1. The minimum Gasteiger partial charge on any atom is -0.497 e. The van der Waals surface area contributed by atoms with Gasteiger partial charge in [0, 0.05) is 22.7 Å². The van der Waals surface area contributed by atoms with Crippen molar-refractivity contribution in [2.45, 2.75) is 6.17 Å². The summed E-state index contributed by atoms with van der Waals surface area (Å²) in [6.45, 7) is 0. The number of ether oxygens (including phenoxy) is 1. The number of guanidine groups is 1. The molecule has 19 heavy (non-hydrogen) atoms. The minimum absolute atomic E-state index is 0.297. The molecule has 0 spiro atoms. The zero-order chi connectivity index (χ0) is 13.4. The fourth-order valence-corrected chi connectivity index (χ4v) is 2.32. The van der Waals surface area contributed by atoms with Crippen LogP contribution in [0.4, 0.5) is 0 Å². The lowest BCUT2D eigenvalue weighted by Crippen LogP contribution is -2.49. The Labute approximate surface area is 115 Å². The van der Waals surface area contributed by atoms with Crippen LogP contribution >= 0.6 is 12.2 Å². The summed E-state index contributed by atoms with van der Waals surface area (Å²) < 4.78 is 5.24. The van der Waals surface area contributed by atoms with Gasteiger partial charge in [-0.05, 0) is 30.4 Å². The van der Waals surface area contributed by atoms with Gasteiger partial charge in [-0.1, -0.05) is 0 Å². The molecule has 0 amide bonds. The predicted octanol–water partition coefficient (Wildman–Crippen LogP) is 0.967. The Kier molecular flexibility index (Phi) is 2.75. The van der Waals surface area contributed by atoms with Crippen LogP contribution in [0.15, 0.2) is 29.4 Å². The predicted molar refractivity (Wildman–Crippen MR) is 78.1 cm³/mol. The van der Waals surface area contributed by atoms with Gasteiger partial charge in [-0.15, -0.1) is 0 Å². The van der Waals surface area contributed by atoms with Gasteiger partial charge in [0.25, 0.3) is 0 Å². The zero-order valence-electron chi connectivity index (χ0n) is 10.2. The van der Waals surface area contributed by atoms with Gasteiger partial charge in [-0.25, -0.2) is 4.99 Å². The zero-order valence-corrected chi connectivity index (χ0v) is 11.0. The number of nitrogens with zero attached hydrogens (tertiary/aromatic N) is 1. The van der Waals surface area contributed by atoms with Crippen LogP contribution in [0, 0.1) is 0 Å². The third-order valence-electron chi connectivity index (χ3n) is 2.99. The lowest BCUT2D eigenvalue weighted by Gasteiger charge is -2.22. The molecule has 5 N–H and O–H groups in total. The lowest BCUT2D eigenvalue weighted by molar-refractivity contribution is 0.415. The van der Waals surface area contributed by atoms with Crippen molar-refractivity contribution in [3.8, 4) is 5.75 Å². The van der Waals surface area contributed by atoms with Crippen LogP contribution in [0.3, 0.4) is 0 Å². The van der Waals surface area contributed by atoms with E-state index in [9.17, 15) is 0 Å². The number of thiocarbonyl (C=S) groups is 1. The molecule has 2 aromatic rings. The second-order valence-electron chi connectivity index (χ2n) is 4.17. The number of benzene rings is 1. The Morgan fingerprint density at radius 2 is 2.26 bits per heavy atom. The van der Waals surface area contributed by atoms with E-state index in [0.29, 0.717) is 11.1 Å². The van der Waals surface area contributed by atoms with E-state index >= 15 is 0 Å². The molecule has 7 heteroatoms. The number of H-pyrrole nitrogens is 1. The van der Waals surface area contributed by atoms with E-state index in [1.807, 2.05) is 24.4 Å². The third kappa shape index (κ3) is 2.08. The fourth-order valence-electron chi connectivity index (χ4n) is 2.10. The molecule has 98 valence electrons. The first-order chi connectivity index (χ1) is 9.17. The van der Waals surface area contributed by atoms with Crippen LogP contribution in [0.2, 0.25) is 0 Å². The molecule has 0 unspecified atom stereocenters. The van der Waals surface area contributed by atoms with E-state index in [4.69, 9.17) is 22.7 Å². The van der Waals surface area contributed by atoms with Crippen LogP contribution in [-0.2, 0) is 0 Å². The molecular weight excluding hydrogens is 262 g/mol. The maximum atomic E-state index is 5.70. The highest BCUT2D eigenvalue weighted by Gasteiger charge is 2.20. The van der Waals surface area contributed by atoms with Crippen molar-refractivity contribution in [2.24, 2.45) is 10.7 Å². The molecule has 1 aromatic heterocycles. The summed E-state index contributed by atoms with van der Waals surface area (Å²) in [5, 5.41) is 7.32. The van der Waals surface area contributed by atoms with E-state index in [-0.39, 0.29) is 6.17 Å². The Morgan fingerprint density at radius 1 is 1.42 bits per heavy atom. The number of rotatable bonds is 2. The highest BCUT2D eigenvalue weighted by molar-refractivity contribution is 7.80. The first kappa shape index (κ1) is 11.8. The summed E-state index contributed by atoms with van der Waals surface area (Å²) in [6, 6.07) is 5.82. The number of hydrogen-bond acceptors (Lipinski definition) is 4. The Morgan fingerprint density at radius 3 is 3.00 bits per heavy atom. The van der Waals surface area contributed by atoms with Crippen molar-refractivity contribution in [1.82, 2.24) is 15.6 Å². The summed E-state index contributed by atoms with van der Waals surface area (Å²) in [7, 11) is 1.64. The van der Waals surface area contributed by atoms with Crippen LogP contribution in [-0.4, -0.2) is 23.2 Å². The van der Waals surface area contributed by atoms with E-state index in [2.05, 4.69) is 20.6 Å². The van der Waals surface area contributed by atoms with Gasteiger partial charge in [0.05, 0.1) is 7.11 Å². The largest absolute Gasteiger partial charge is 0.497 e. The first-order valence-corrected chi connectivity index (χ1v) is 6.14. The van der Waals surface area contributed by atoms with Crippen LogP contribution in [0.1, 0.15) is 11.7 Å². The van der Waals surface area contributed by atoms with Crippen molar-refractivity contribution >= 4 is 34.2 Å². The Bertz CT molecular complexity index is 678. The topological polar surface area (TPSA) is 87.5 Å². The Balaban J connectivity index is 2.09. The maximum Gasteiger partial charge on any atom is 0.197 e. The van der Waals surface area contributed by atoms with Crippen LogP contribution < -0.4 is 21.1 Å². The molecule has 6 nitrogen and oxygen atoms in total.